The molecule has 8 nitrogen and oxygen atoms in total. The Kier molecular flexibility index (Phi) is 7.59. The Labute approximate surface area is 193 Å². The molecule has 0 atom stereocenters. The van der Waals surface area contributed by atoms with Crippen LogP contribution in [0, 0.1) is 5.82 Å². The third-order valence-electron chi connectivity index (χ3n) is 5.84. The average Bonchev–Trinajstić information content (AvgIpc) is 2.85. The van der Waals surface area contributed by atoms with Crippen molar-refractivity contribution in [1.29, 1.82) is 0 Å². The minimum absolute atomic E-state index is 0.163. The van der Waals surface area contributed by atoms with Gasteiger partial charge in [-0.15, -0.1) is 0 Å². The van der Waals surface area contributed by atoms with Crippen LogP contribution in [-0.2, 0) is 14.8 Å². The molecule has 178 valence electrons. The molecule has 2 aromatic carbocycles. The van der Waals surface area contributed by atoms with E-state index in [2.05, 4.69) is 4.90 Å². The van der Waals surface area contributed by atoms with E-state index in [1.807, 2.05) is 30.3 Å². The number of carbonyl (C=O) groups is 1. The molecular formula is C23H28FN3O5S. The number of morpholine rings is 1. The molecule has 0 radical (unpaired) electrons. The molecule has 2 aliphatic heterocycles. The Morgan fingerprint density at radius 1 is 0.970 bits per heavy atom. The van der Waals surface area contributed by atoms with Crippen molar-refractivity contribution in [3.63, 3.8) is 0 Å². The van der Waals surface area contributed by atoms with Crippen molar-refractivity contribution in [1.82, 2.24) is 14.1 Å². The number of benzene rings is 2. The van der Waals surface area contributed by atoms with Gasteiger partial charge >= 0.3 is 0 Å². The highest BCUT2D eigenvalue weighted by Crippen LogP contribution is 2.23. The first-order valence-corrected chi connectivity index (χ1v) is 12.5. The van der Waals surface area contributed by atoms with E-state index >= 15 is 0 Å². The summed E-state index contributed by atoms with van der Waals surface area (Å²) in [5, 5.41) is 0. The number of piperazine rings is 1. The Hall–Kier alpha value is -2.53. The zero-order valence-electron chi connectivity index (χ0n) is 18.4. The molecule has 0 saturated carbocycles. The lowest BCUT2D eigenvalue weighted by atomic mass is 10.1. The number of hydrogen-bond donors (Lipinski definition) is 0. The lowest BCUT2D eigenvalue weighted by molar-refractivity contribution is 0.0619. The quantitative estimate of drug-likeness (QED) is 0.604. The Balaban J connectivity index is 1.34. The SMILES string of the molecule is O=C(c1ccc(F)c(S(=O)(=O)N2CCOCC2)c1)N1CCN(CCOc2ccccc2)CC1. The number of carbonyl (C=O) groups excluding carboxylic acids is 1. The third-order valence-corrected chi connectivity index (χ3v) is 7.76. The van der Waals surface area contributed by atoms with Crippen LogP contribution >= 0.6 is 0 Å². The fourth-order valence-electron chi connectivity index (χ4n) is 3.93. The van der Waals surface area contributed by atoms with Crippen LogP contribution in [0.3, 0.4) is 0 Å². The largest absolute Gasteiger partial charge is 0.492 e. The summed E-state index contributed by atoms with van der Waals surface area (Å²) in [5.74, 6) is -0.333. The maximum atomic E-state index is 14.4. The fourth-order valence-corrected chi connectivity index (χ4v) is 5.42. The molecular weight excluding hydrogens is 449 g/mol. The monoisotopic (exact) mass is 477 g/mol. The third kappa shape index (κ3) is 5.70. The first-order valence-electron chi connectivity index (χ1n) is 11.0. The van der Waals surface area contributed by atoms with Crippen LogP contribution in [0.5, 0.6) is 5.75 Å². The van der Waals surface area contributed by atoms with Gasteiger partial charge in [-0.05, 0) is 30.3 Å². The van der Waals surface area contributed by atoms with Gasteiger partial charge in [0.15, 0.2) is 0 Å². The van der Waals surface area contributed by atoms with Crippen molar-refractivity contribution in [3.05, 3.63) is 59.9 Å². The van der Waals surface area contributed by atoms with Crippen molar-refractivity contribution in [2.45, 2.75) is 4.90 Å². The molecule has 2 heterocycles. The Morgan fingerprint density at radius 2 is 1.67 bits per heavy atom. The highest BCUT2D eigenvalue weighted by molar-refractivity contribution is 7.89. The van der Waals surface area contributed by atoms with Gasteiger partial charge in [-0.25, -0.2) is 12.8 Å². The molecule has 4 rings (SSSR count). The summed E-state index contributed by atoms with van der Waals surface area (Å²) in [6.07, 6.45) is 0. The van der Waals surface area contributed by atoms with Crippen LogP contribution in [0.25, 0.3) is 0 Å². The topological polar surface area (TPSA) is 79.4 Å². The van der Waals surface area contributed by atoms with E-state index in [0.717, 1.165) is 24.4 Å². The predicted molar refractivity (Wildman–Crippen MR) is 120 cm³/mol. The maximum absolute atomic E-state index is 14.4. The van der Waals surface area contributed by atoms with Gasteiger partial charge in [0.25, 0.3) is 5.91 Å². The average molecular weight is 478 g/mol. The van der Waals surface area contributed by atoms with Gasteiger partial charge in [0.05, 0.1) is 13.2 Å². The number of sulfonamides is 1. The number of amides is 1. The van der Waals surface area contributed by atoms with Crippen molar-refractivity contribution < 1.29 is 27.1 Å². The Bertz CT molecular complexity index is 1050. The molecule has 0 unspecified atom stereocenters. The van der Waals surface area contributed by atoms with E-state index in [1.165, 1.54) is 10.4 Å². The molecule has 0 bridgehead atoms. The molecule has 0 aliphatic carbocycles. The van der Waals surface area contributed by atoms with Crippen molar-refractivity contribution in [3.8, 4) is 5.75 Å². The number of hydrogen-bond acceptors (Lipinski definition) is 6. The molecule has 2 aliphatic rings. The van der Waals surface area contributed by atoms with Gasteiger partial charge in [-0.3, -0.25) is 9.69 Å². The van der Waals surface area contributed by atoms with Gasteiger partial charge in [0.2, 0.25) is 10.0 Å². The van der Waals surface area contributed by atoms with Crippen LogP contribution in [0.15, 0.2) is 53.4 Å². The molecule has 10 heteroatoms. The summed E-state index contributed by atoms with van der Waals surface area (Å²) < 4.78 is 52.3. The second-order valence-electron chi connectivity index (χ2n) is 7.96. The van der Waals surface area contributed by atoms with Gasteiger partial charge in [-0.2, -0.15) is 4.31 Å². The van der Waals surface area contributed by atoms with Crippen molar-refractivity contribution in [2.75, 3.05) is 65.6 Å². The van der Waals surface area contributed by atoms with Crippen molar-refractivity contribution in [2.24, 2.45) is 0 Å². The molecule has 0 N–H and O–H groups in total. The van der Waals surface area contributed by atoms with Gasteiger partial charge in [0.1, 0.15) is 23.1 Å². The van der Waals surface area contributed by atoms with Crippen LogP contribution in [0.2, 0.25) is 0 Å². The van der Waals surface area contributed by atoms with Crippen molar-refractivity contribution >= 4 is 15.9 Å². The van der Waals surface area contributed by atoms with Gasteiger partial charge in [0, 0.05) is 51.4 Å². The lowest BCUT2D eigenvalue weighted by Gasteiger charge is -2.34. The smallest absolute Gasteiger partial charge is 0.253 e. The molecule has 0 spiro atoms. The molecule has 0 aromatic heterocycles. The van der Waals surface area contributed by atoms with E-state index in [0.29, 0.717) is 32.8 Å². The van der Waals surface area contributed by atoms with Crippen LogP contribution < -0.4 is 4.74 Å². The van der Waals surface area contributed by atoms with Gasteiger partial charge in [-0.1, -0.05) is 18.2 Å². The minimum Gasteiger partial charge on any atom is -0.492 e. The molecule has 2 saturated heterocycles. The summed E-state index contributed by atoms with van der Waals surface area (Å²) in [4.78, 5) is 16.4. The fraction of sp³-hybridized carbons (Fsp3) is 0.435. The molecule has 2 aromatic rings. The summed E-state index contributed by atoms with van der Waals surface area (Å²) in [5.41, 5.74) is 0.170. The number of halogens is 1. The number of para-hydroxylation sites is 1. The molecule has 2 fully saturated rings. The second-order valence-corrected chi connectivity index (χ2v) is 9.86. The number of rotatable bonds is 7. The molecule has 1 amide bonds. The van der Waals surface area contributed by atoms with E-state index in [-0.39, 0.29) is 37.8 Å². The first-order chi connectivity index (χ1) is 15.9. The summed E-state index contributed by atoms with van der Waals surface area (Å²) in [6, 6.07) is 13.2. The predicted octanol–water partition coefficient (Wildman–Crippen LogP) is 1.68. The standard InChI is InChI=1S/C23H28FN3O5S/c24-21-7-6-19(18-22(21)33(29,30)27-13-15-31-16-14-27)23(28)26-10-8-25(9-11-26)12-17-32-20-4-2-1-3-5-20/h1-7,18H,8-17H2. The Morgan fingerprint density at radius 3 is 2.36 bits per heavy atom. The highest BCUT2D eigenvalue weighted by Gasteiger charge is 2.31. The number of nitrogens with zero attached hydrogens (tertiary/aromatic N) is 3. The van der Waals surface area contributed by atoms with Crippen LogP contribution in [0.4, 0.5) is 4.39 Å². The van der Waals surface area contributed by atoms with E-state index < -0.39 is 20.7 Å². The van der Waals surface area contributed by atoms with Gasteiger partial charge < -0.3 is 14.4 Å². The highest BCUT2D eigenvalue weighted by atomic mass is 32.2. The lowest BCUT2D eigenvalue weighted by Crippen LogP contribution is -2.49. The zero-order valence-corrected chi connectivity index (χ0v) is 19.2. The zero-order chi connectivity index (χ0) is 23.3. The van der Waals surface area contributed by atoms with E-state index in [9.17, 15) is 17.6 Å². The maximum Gasteiger partial charge on any atom is 0.253 e. The normalized spacial score (nSPS) is 18.3. The summed E-state index contributed by atoms with van der Waals surface area (Å²) in [7, 11) is -4.04. The first kappa shape index (κ1) is 23.6. The summed E-state index contributed by atoms with van der Waals surface area (Å²) in [6.45, 7) is 4.54. The van der Waals surface area contributed by atoms with Crippen LogP contribution in [-0.4, -0.2) is 94.1 Å². The summed E-state index contributed by atoms with van der Waals surface area (Å²) >= 11 is 0. The number of ether oxygens (including phenoxy) is 2. The second kappa shape index (κ2) is 10.6. The van der Waals surface area contributed by atoms with Crippen LogP contribution in [0.1, 0.15) is 10.4 Å². The van der Waals surface area contributed by atoms with E-state index in [4.69, 9.17) is 9.47 Å². The van der Waals surface area contributed by atoms with E-state index in [1.54, 1.807) is 4.90 Å². The molecule has 33 heavy (non-hydrogen) atoms. The minimum atomic E-state index is -4.04.